The lowest BCUT2D eigenvalue weighted by atomic mass is 10.1. The van der Waals surface area contributed by atoms with E-state index in [1.54, 1.807) is 11.3 Å². The molecule has 24 heavy (non-hydrogen) atoms. The second-order valence-corrected chi connectivity index (χ2v) is 8.38. The normalized spacial score (nSPS) is 11.8. The molecule has 0 spiro atoms. The molecule has 1 N–H and O–H groups in total. The van der Waals surface area contributed by atoms with Gasteiger partial charge in [-0.3, -0.25) is 4.79 Å². The fourth-order valence-corrected chi connectivity index (χ4v) is 3.82. The average Bonchev–Trinajstić information content (AvgIpc) is 3.03. The van der Waals surface area contributed by atoms with Gasteiger partial charge in [-0.1, -0.05) is 44.5 Å². The van der Waals surface area contributed by atoms with E-state index < -0.39 is 0 Å². The number of nitrogens with one attached hydrogen (secondary N) is 1. The van der Waals surface area contributed by atoms with Crippen LogP contribution in [0.15, 0.2) is 41.5 Å². The first kappa shape index (κ1) is 19.0. The monoisotopic (exact) mass is 380 g/mol. The molecular formula is C18H21ClN2OS2. The number of benzene rings is 1. The van der Waals surface area contributed by atoms with Gasteiger partial charge in [-0.2, -0.15) is 16.9 Å². The number of rotatable bonds is 7. The second kappa shape index (κ2) is 9.25. The molecule has 1 aromatic carbocycles. The number of halogens is 1. The standard InChI is InChI=1S/C18H21ClN2OS2/c1-4-23-11-15-9-10-16(24-15)17(20-21-18(22)12(2)3)13-5-7-14(19)8-6-13/h5-10,12H,4,11H2,1-3H3,(H,21,22). The highest BCUT2D eigenvalue weighted by Crippen LogP contribution is 2.25. The van der Waals surface area contributed by atoms with Crippen molar-refractivity contribution in [3.8, 4) is 0 Å². The van der Waals surface area contributed by atoms with Gasteiger partial charge in [-0.05, 0) is 30.0 Å². The number of hydrogen-bond acceptors (Lipinski definition) is 4. The van der Waals surface area contributed by atoms with E-state index in [0.717, 1.165) is 27.7 Å². The first-order valence-electron chi connectivity index (χ1n) is 7.81. The Bertz CT molecular complexity index is 708. The molecule has 2 rings (SSSR count). The van der Waals surface area contributed by atoms with Gasteiger partial charge in [0, 0.05) is 27.1 Å². The van der Waals surface area contributed by atoms with Crippen molar-refractivity contribution in [1.82, 2.24) is 5.43 Å². The summed E-state index contributed by atoms with van der Waals surface area (Å²) in [6, 6.07) is 11.7. The summed E-state index contributed by atoms with van der Waals surface area (Å²) in [5.41, 5.74) is 4.36. The molecular weight excluding hydrogens is 360 g/mol. The SMILES string of the molecule is CCSCc1ccc(C(=NNC(=O)C(C)C)c2ccc(Cl)cc2)s1. The highest BCUT2D eigenvalue weighted by molar-refractivity contribution is 7.98. The van der Waals surface area contributed by atoms with Gasteiger partial charge in [0.05, 0.1) is 4.88 Å². The van der Waals surface area contributed by atoms with Crippen LogP contribution >= 0.6 is 34.7 Å². The number of thiophene rings is 1. The number of carbonyl (C=O) groups is 1. The van der Waals surface area contributed by atoms with Crippen LogP contribution in [0, 0.1) is 5.92 Å². The van der Waals surface area contributed by atoms with Crippen molar-refractivity contribution in [3.63, 3.8) is 0 Å². The van der Waals surface area contributed by atoms with Gasteiger partial charge in [-0.15, -0.1) is 11.3 Å². The maximum absolute atomic E-state index is 11.9. The Morgan fingerprint density at radius 1 is 1.25 bits per heavy atom. The third-order valence-corrected chi connectivity index (χ3v) is 5.71. The van der Waals surface area contributed by atoms with Crippen LogP contribution < -0.4 is 5.43 Å². The highest BCUT2D eigenvalue weighted by atomic mass is 35.5. The molecule has 0 saturated heterocycles. The Labute approximate surface area is 156 Å². The van der Waals surface area contributed by atoms with Crippen molar-refractivity contribution < 1.29 is 4.79 Å². The molecule has 0 fully saturated rings. The molecule has 0 aliphatic carbocycles. The predicted octanol–water partition coefficient (Wildman–Crippen LogP) is 5.18. The molecule has 128 valence electrons. The minimum absolute atomic E-state index is 0.0974. The molecule has 0 saturated carbocycles. The summed E-state index contributed by atoms with van der Waals surface area (Å²) in [6.45, 7) is 5.84. The number of hydrazone groups is 1. The van der Waals surface area contributed by atoms with E-state index in [2.05, 4.69) is 29.6 Å². The second-order valence-electron chi connectivity index (χ2n) is 5.50. The summed E-state index contributed by atoms with van der Waals surface area (Å²) in [5.74, 6) is 1.88. The zero-order valence-corrected chi connectivity index (χ0v) is 16.4. The van der Waals surface area contributed by atoms with Gasteiger partial charge in [0.15, 0.2) is 0 Å². The number of hydrogen-bond donors (Lipinski definition) is 1. The van der Waals surface area contributed by atoms with Gasteiger partial charge in [0.2, 0.25) is 5.91 Å². The van der Waals surface area contributed by atoms with Crippen molar-refractivity contribution in [3.05, 3.63) is 56.7 Å². The van der Waals surface area contributed by atoms with Gasteiger partial charge >= 0.3 is 0 Å². The van der Waals surface area contributed by atoms with E-state index in [1.807, 2.05) is 49.9 Å². The fraction of sp³-hybridized carbons (Fsp3) is 0.333. The van der Waals surface area contributed by atoms with E-state index in [-0.39, 0.29) is 11.8 Å². The van der Waals surface area contributed by atoms with Gasteiger partial charge in [0.25, 0.3) is 0 Å². The Morgan fingerprint density at radius 2 is 1.96 bits per heavy atom. The van der Waals surface area contributed by atoms with E-state index in [9.17, 15) is 4.79 Å². The van der Waals surface area contributed by atoms with Crippen molar-refractivity contribution in [2.24, 2.45) is 11.0 Å². The van der Waals surface area contributed by atoms with Crippen molar-refractivity contribution in [1.29, 1.82) is 0 Å². The van der Waals surface area contributed by atoms with Crippen LogP contribution in [0.25, 0.3) is 0 Å². The van der Waals surface area contributed by atoms with E-state index in [1.165, 1.54) is 4.88 Å². The molecule has 3 nitrogen and oxygen atoms in total. The number of thioether (sulfide) groups is 1. The first-order chi connectivity index (χ1) is 11.5. The van der Waals surface area contributed by atoms with Crippen LogP contribution in [0.3, 0.4) is 0 Å². The molecule has 0 unspecified atom stereocenters. The summed E-state index contributed by atoms with van der Waals surface area (Å²) in [5, 5.41) is 5.06. The lowest BCUT2D eigenvalue weighted by Crippen LogP contribution is -2.24. The summed E-state index contributed by atoms with van der Waals surface area (Å²) in [7, 11) is 0. The van der Waals surface area contributed by atoms with Crippen LogP contribution in [0.4, 0.5) is 0 Å². The lowest BCUT2D eigenvalue weighted by molar-refractivity contribution is -0.123. The number of nitrogens with zero attached hydrogens (tertiary/aromatic N) is 1. The minimum Gasteiger partial charge on any atom is -0.273 e. The Balaban J connectivity index is 2.31. The summed E-state index contributed by atoms with van der Waals surface area (Å²) in [4.78, 5) is 14.2. The number of carbonyl (C=O) groups excluding carboxylic acids is 1. The van der Waals surface area contributed by atoms with Crippen LogP contribution in [0.2, 0.25) is 5.02 Å². The fourth-order valence-electron chi connectivity index (χ4n) is 1.90. The zero-order valence-electron chi connectivity index (χ0n) is 14.0. The quantitative estimate of drug-likeness (QED) is 0.531. The smallest absolute Gasteiger partial charge is 0.242 e. The van der Waals surface area contributed by atoms with Crippen molar-refractivity contribution in [2.75, 3.05) is 5.75 Å². The molecule has 1 amide bonds. The molecule has 0 radical (unpaired) electrons. The third-order valence-electron chi connectivity index (χ3n) is 3.26. The predicted molar refractivity (Wildman–Crippen MR) is 106 cm³/mol. The summed E-state index contributed by atoms with van der Waals surface area (Å²) in [6.07, 6.45) is 0. The van der Waals surface area contributed by atoms with Crippen molar-refractivity contribution in [2.45, 2.75) is 26.5 Å². The Hall–Kier alpha value is -1.30. The minimum atomic E-state index is -0.111. The zero-order chi connectivity index (χ0) is 17.5. The van der Waals surface area contributed by atoms with Crippen LogP contribution in [0.5, 0.6) is 0 Å². The Kier molecular flexibility index (Phi) is 7.34. The molecule has 2 aromatic rings. The van der Waals surface area contributed by atoms with E-state index in [4.69, 9.17) is 11.6 Å². The molecule has 0 atom stereocenters. The Morgan fingerprint density at radius 3 is 2.58 bits per heavy atom. The van der Waals surface area contributed by atoms with Gasteiger partial charge < -0.3 is 0 Å². The van der Waals surface area contributed by atoms with E-state index in [0.29, 0.717) is 5.02 Å². The van der Waals surface area contributed by atoms with Crippen LogP contribution in [0.1, 0.15) is 36.1 Å². The van der Waals surface area contributed by atoms with Gasteiger partial charge in [0.1, 0.15) is 5.71 Å². The highest BCUT2D eigenvalue weighted by Gasteiger charge is 2.13. The third kappa shape index (κ3) is 5.36. The van der Waals surface area contributed by atoms with Crippen LogP contribution in [-0.4, -0.2) is 17.4 Å². The molecule has 1 heterocycles. The lowest BCUT2D eigenvalue weighted by Gasteiger charge is -2.07. The maximum Gasteiger partial charge on any atom is 0.242 e. The number of amides is 1. The van der Waals surface area contributed by atoms with Gasteiger partial charge in [-0.25, -0.2) is 5.43 Å². The van der Waals surface area contributed by atoms with E-state index >= 15 is 0 Å². The van der Waals surface area contributed by atoms with Crippen LogP contribution in [-0.2, 0) is 10.5 Å². The summed E-state index contributed by atoms with van der Waals surface area (Å²) < 4.78 is 0. The molecule has 0 aliphatic rings. The van der Waals surface area contributed by atoms with Crippen molar-refractivity contribution >= 4 is 46.3 Å². The topological polar surface area (TPSA) is 41.5 Å². The average molecular weight is 381 g/mol. The largest absolute Gasteiger partial charge is 0.273 e. The maximum atomic E-state index is 11.9. The summed E-state index contributed by atoms with van der Waals surface area (Å²) >= 11 is 9.58. The first-order valence-corrected chi connectivity index (χ1v) is 10.2. The molecule has 6 heteroatoms. The molecule has 0 bridgehead atoms. The molecule has 1 aromatic heterocycles. The molecule has 0 aliphatic heterocycles.